The SMILES string of the molecule is Cn1c(COc2ccc(F)cc2)cnc1N. The average Bonchev–Trinajstić information content (AvgIpc) is 2.60. The minimum Gasteiger partial charge on any atom is -0.487 e. The first kappa shape index (κ1) is 10.5. The molecule has 1 aromatic heterocycles. The molecule has 0 unspecified atom stereocenters. The number of benzene rings is 1. The second-order valence-electron chi connectivity index (χ2n) is 3.41. The molecule has 0 radical (unpaired) electrons. The minimum absolute atomic E-state index is 0.280. The largest absolute Gasteiger partial charge is 0.487 e. The van der Waals surface area contributed by atoms with Gasteiger partial charge in [-0.3, -0.25) is 0 Å². The van der Waals surface area contributed by atoms with Crippen LogP contribution in [0.5, 0.6) is 5.75 Å². The van der Waals surface area contributed by atoms with E-state index in [9.17, 15) is 4.39 Å². The molecule has 0 bridgehead atoms. The topological polar surface area (TPSA) is 53.1 Å². The van der Waals surface area contributed by atoms with Crippen LogP contribution >= 0.6 is 0 Å². The summed E-state index contributed by atoms with van der Waals surface area (Å²) in [7, 11) is 1.81. The zero-order chi connectivity index (χ0) is 11.5. The van der Waals surface area contributed by atoms with Crippen molar-refractivity contribution >= 4 is 5.95 Å². The van der Waals surface area contributed by atoms with Crippen LogP contribution in [-0.2, 0) is 13.7 Å². The summed E-state index contributed by atoms with van der Waals surface area (Å²) in [4.78, 5) is 3.94. The first-order valence-corrected chi connectivity index (χ1v) is 4.81. The second kappa shape index (κ2) is 4.22. The van der Waals surface area contributed by atoms with Crippen molar-refractivity contribution in [1.29, 1.82) is 0 Å². The van der Waals surface area contributed by atoms with E-state index in [2.05, 4.69) is 4.98 Å². The number of ether oxygens (including phenoxy) is 1. The van der Waals surface area contributed by atoms with E-state index >= 15 is 0 Å². The summed E-state index contributed by atoms with van der Waals surface area (Å²) in [6.07, 6.45) is 1.65. The summed E-state index contributed by atoms with van der Waals surface area (Å²) >= 11 is 0. The Balaban J connectivity index is 2.02. The highest BCUT2D eigenvalue weighted by Crippen LogP contribution is 2.14. The van der Waals surface area contributed by atoms with Crippen molar-refractivity contribution in [2.45, 2.75) is 6.61 Å². The Labute approximate surface area is 92.5 Å². The molecular weight excluding hydrogens is 209 g/mol. The Morgan fingerprint density at radius 1 is 1.38 bits per heavy atom. The first-order chi connectivity index (χ1) is 7.66. The van der Waals surface area contributed by atoms with Crippen molar-refractivity contribution in [1.82, 2.24) is 9.55 Å². The number of nitrogens with zero attached hydrogens (tertiary/aromatic N) is 2. The number of halogens is 1. The van der Waals surface area contributed by atoms with Gasteiger partial charge in [-0.2, -0.15) is 0 Å². The van der Waals surface area contributed by atoms with Crippen LogP contribution in [0.4, 0.5) is 10.3 Å². The Morgan fingerprint density at radius 3 is 2.62 bits per heavy atom. The lowest BCUT2D eigenvalue weighted by atomic mass is 10.3. The van der Waals surface area contributed by atoms with Crippen LogP contribution in [0.2, 0.25) is 0 Å². The Kier molecular flexibility index (Phi) is 2.76. The lowest BCUT2D eigenvalue weighted by Gasteiger charge is -2.06. The molecule has 0 saturated heterocycles. The number of nitrogens with two attached hydrogens (primary N) is 1. The number of rotatable bonds is 3. The van der Waals surface area contributed by atoms with Crippen LogP contribution < -0.4 is 10.5 Å². The van der Waals surface area contributed by atoms with Crippen molar-refractivity contribution in [3.8, 4) is 5.75 Å². The van der Waals surface area contributed by atoms with Crippen molar-refractivity contribution in [2.75, 3.05) is 5.73 Å². The lowest BCUT2D eigenvalue weighted by molar-refractivity contribution is 0.297. The van der Waals surface area contributed by atoms with Gasteiger partial charge in [0.05, 0.1) is 11.9 Å². The molecule has 5 heteroatoms. The summed E-state index contributed by atoms with van der Waals surface area (Å²) in [6, 6.07) is 5.87. The highest BCUT2D eigenvalue weighted by Gasteiger charge is 2.03. The molecule has 0 fully saturated rings. The number of hydrogen-bond donors (Lipinski definition) is 1. The van der Waals surface area contributed by atoms with Gasteiger partial charge in [-0.25, -0.2) is 9.37 Å². The van der Waals surface area contributed by atoms with Gasteiger partial charge in [0.2, 0.25) is 0 Å². The third-order valence-corrected chi connectivity index (χ3v) is 2.32. The average molecular weight is 221 g/mol. The summed E-state index contributed by atoms with van der Waals surface area (Å²) in [5.74, 6) is 0.774. The molecule has 1 aromatic carbocycles. The first-order valence-electron chi connectivity index (χ1n) is 4.81. The van der Waals surface area contributed by atoms with E-state index in [0.717, 1.165) is 5.69 Å². The van der Waals surface area contributed by atoms with Gasteiger partial charge in [-0.15, -0.1) is 0 Å². The number of aromatic nitrogens is 2. The van der Waals surface area contributed by atoms with Crippen LogP contribution in [0.3, 0.4) is 0 Å². The summed E-state index contributed by atoms with van der Waals surface area (Å²) in [6.45, 7) is 0.354. The van der Waals surface area contributed by atoms with Gasteiger partial charge >= 0.3 is 0 Å². The van der Waals surface area contributed by atoms with Crippen molar-refractivity contribution in [3.05, 3.63) is 42.0 Å². The quantitative estimate of drug-likeness (QED) is 0.858. The number of anilines is 1. The molecule has 0 aliphatic heterocycles. The molecule has 4 nitrogen and oxygen atoms in total. The zero-order valence-electron chi connectivity index (χ0n) is 8.85. The smallest absolute Gasteiger partial charge is 0.200 e. The fourth-order valence-corrected chi connectivity index (χ4v) is 1.28. The fourth-order valence-electron chi connectivity index (χ4n) is 1.28. The number of hydrogen-bond acceptors (Lipinski definition) is 3. The third kappa shape index (κ3) is 2.13. The summed E-state index contributed by atoms with van der Waals surface area (Å²) in [5, 5.41) is 0. The van der Waals surface area contributed by atoms with Crippen LogP contribution in [0.25, 0.3) is 0 Å². The molecule has 16 heavy (non-hydrogen) atoms. The maximum Gasteiger partial charge on any atom is 0.200 e. The Hall–Kier alpha value is -2.04. The van der Waals surface area contributed by atoms with Gasteiger partial charge in [0.1, 0.15) is 18.2 Å². The monoisotopic (exact) mass is 221 g/mol. The van der Waals surface area contributed by atoms with E-state index in [-0.39, 0.29) is 5.82 Å². The molecule has 2 aromatic rings. The van der Waals surface area contributed by atoms with Gasteiger partial charge in [-0.05, 0) is 24.3 Å². The molecule has 0 aliphatic rings. The Bertz CT molecular complexity index is 478. The molecule has 2 rings (SSSR count). The minimum atomic E-state index is -0.280. The maximum atomic E-state index is 12.6. The highest BCUT2D eigenvalue weighted by atomic mass is 19.1. The second-order valence-corrected chi connectivity index (χ2v) is 3.41. The van der Waals surface area contributed by atoms with Crippen LogP contribution in [-0.4, -0.2) is 9.55 Å². The molecule has 1 heterocycles. The molecule has 84 valence electrons. The Morgan fingerprint density at radius 2 is 2.06 bits per heavy atom. The predicted molar refractivity (Wildman–Crippen MR) is 58.4 cm³/mol. The van der Waals surface area contributed by atoms with E-state index in [1.54, 1.807) is 22.9 Å². The van der Waals surface area contributed by atoms with E-state index in [1.165, 1.54) is 12.1 Å². The third-order valence-electron chi connectivity index (χ3n) is 2.32. The molecule has 0 aliphatic carbocycles. The fraction of sp³-hybridized carbons (Fsp3) is 0.182. The van der Waals surface area contributed by atoms with Crippen molar-refractivity contribution < 1.29 is 9.13 Å². The van der Waals surface area contributed by atoms with Crippen molar-refractivity contribution in [3.63, 3.8) is 0 Å². The van der Waals surface area contributed by atoms with Gasteiger partial charge in [-0.1, -0.05) is 0 Å². The maximum absolute atomic E-state index is 12.6. The predicted octanol–water partition coefficient (Wildman–Crippen LogP) is 1.72. The van der Waals surface area contributed by atoms with Gasteiger partial charge in [0.25, 0.3) is 0 Å². The van der Waals surface area contributed by atoms with Gasteiger partial charge in [0.15, 0.2) is 5.95 Å². The highest BCUT2D eigenvalue weighted by molar-refractivity contribution is 5.24. The van der Waals surface area contributed by atoms with Crippen LogP contribution in [0.15, 0.2) is 30.5 Å². The van der Waals surface area contributed by atoms with Crippen LogP contribution in [0.1, 0.15) is 5.69 Å². The number of nitrogen functional groups attached to an aromatic ring is 1. The van der Waals surface area contributed by atoms with E-state index in [0.29, 0.717) is 18.3 Å². The molecule has 0 atom stereocenters. The van der Waals surface area contributed by atoms with Crippen LogP contribution in [0, 0.1) is 5.82 Å². The van der Waals surface area contributed by atoms with E-state index in [1.807, 2.05) is 7.05 Å². The summed E-state index contributed by atoms with van der Waals surface area (Å²) < 4.78 is 19.8. The van der Waals surface area contributed by atoms with E-state index in [4.69, 9.17) is 10.5 Å². The number of imidazole rings is 1. The molecule has 0 amide bonds. The molecule has 2 N–H and O–H groups in total. The zero-order valence-corrected chi connectivity index (χ0v) is 8.85. The standard InChI is InChI=1S/C11H12FN3O/c1-15-9(6-14-11(15)13)7-16-10-4-2-8(12)3-5-10/h2-6H,7H2,1H3,(H2,13,14). The van der Waals surface area contributed by atoms with Crippen molar-refractivity contribution in [2.24, 2.45) is 7.05 Å². The van der Waals surface area contributed by atoms with Gasteiger partial charge < -0.3 is 15.0 Å². The lowest BCUT2D eigenvalue weighted by Crippen LogP contribution is -2.04. The summed E-state index contributed by atoms with van der Waals surface area (Å²) in [5.41, 5.74) is 6.44. The molecule has 0 spiro atoms. The molecule has 0 saturated carbocycles. The molecular formula is C11H12FN3O. The normalized spacial score (nSPS) is 10.4. The van der Waals surface area contributed by atoms with E-state index < -0.39 is 0 Å². The van der Waals surface area contributed by atoms with Gasteiger partial charge in [0, 0.05) is 7.05 Å².